The van der Waals surface area contributed by atoms with Gasteiger partial charge in [0.1, 0.15) is 5.00 Å². The number of hydrogen-bond donors (Lipinski definition) is 1. The molecule has 1 aromatic heterocycles. The van der Waals surface area contributed by atoms with Gasteiger partial charge in [-0.2, -0.15) is 0 Å². The summed E-state index contributed by atoms with van der Waals surface area (Å²) >= 11 is 7.62. The lowest BCUT2D eigenvalue weighted by atomic mass is 9.72. The second kappa shape index (κ2) is 8.72. The number of fused-ring (bicyclic) bond motifs is 1. The first-order chi connectivity index (χ1) is 13.7. The Morgan fingerprint density at radius 1 is 1.28 bits per heavy atom. The molecule has 0 fully saturated rings. The Bertz CT molecular complexity index is 956. The summed E-state index contributed by atoms with van der Waals surface area (Å²) in [5, 5.41) is 4.01. The zero-order chi connectivity index (χ0) is 21.2. The van der Waals surface area contributed by atoms with E-state index in [0.29, 0.717) is 21.5 Å². The van der Waals surface area contributed by atoms with Gasteiger partial charge in [-0.3, -0.25) is 4.79 Å². The number of rotatable bonds is 4. The molecule has 2 aromatic rings. The third-order valence-corrected chi connectivity index (χ3v) is 6.95. The average Bonchev–Trinajstić information content (AvgIpc) is 3.03. The molecule has 1 aliphatic carbocycles. The van der Waals surface area contributed by atoms with E-state index < -0.39 is 5.97 Å². The molecule has 1 amide bonds. The predicted molar refractivity (Wildman–Crippen MR) is 120 cm³/mol. The molecule has 3 rings (SSSR count). The Kier molecular flexibility index (Phi) is 6.49. The van der Waals surface area contributed by atoms with Crippen molar-refractivity contribution < 1.29 is 14.3 Å². The van der Waals surface area contributed by atoms with Gasteiger partial charge in [0.25, 0.3) is 0 Å². The highest BCUT2D eigenvalue weighted by atomic mass is 35.5. The van der Waals surface area contributed by atoms with Crippen LogP contribution in [0.1, 0.15) is 53.6 Å². The van der Waals surface area contributed by atoms with Crippen LogP contribution in [0.2, 0.25) is 5.02 Å². The lowest BCUT2D eigenvalue weighted by molar-refractivity contribution is -0.111. The Labute approximate surface area is 180 Å². The highest BCUT2D eigenvalue weighted by Crippen LogP contribution is 2.44. The maximum Gasteiger partial charge on any atom is 0.341 e. The van der Waals surface area contributed by atoms with Crippen molar-refractivity contribution in [1.82, 2.24) is 0 Å². The van der Waals surface area contributed by atoms with Gasteiger partial charge < -0.3 is 10.1 Å². The van der Waals surface area contributed by atoms with E-state index in [4.69, 9.17) is 16.3 Å². The number of halogens is 1. The summed E-state index contributed by atoms with van der Waals surface area (Å²) in [6.45, 7) is 6.75. The van der Waals surface area contributed by atoms with Gasteiger partial charge in [0.2, 0.25) is 5.91 Å². The monoisotopic (exact) mass is 431 g/mol. The molecule has 0 bridgehead atoms. The van der Waals surface area contributed by atoms with Crippen LogP contribution in [-0.4, -0.2) is 19.0 Å². The summed E-state index contributed by atoms with van der Waals surface area (Å²) in [4.78, 5) is 26.1. The lowest BCUT2D eigenvalue weighted by Crippen LogP contribution is -2.26. The third kappa shape index (κ3) is 4.90. The fraction of sp³-hybridized carbons (Fsp3) is 0.391. The third-order valence-electron chi connectivity index (χ3n) is 5.44. The zero-order valence-corrected chi connectivity index (χ0v) is 18.7. The number of methoxy groups -OCH3 is 1. The minimum absolute atomic E-state index is 0.203. The SMILES string of the molecule is COC(=O)c1c(NC(=O)C=Cc2ccccc2Cl)sc2c1CCC(C(C)(C)C)C2. The smallest absolute Gasteiger partial charge is 0.341 e. The van der Waals surface area contributed by atoms with Crippen LogP contribution < -0.4 is 5.32 Å². The number of esters is 1. The first-order valence-electron chi connectivity index (χ1n) is 9.67. The predicted octanol–water partition coefficient (Wildman–Crippen LogP) is 5.99. The topological polar surface area (TPSA) is 55.4 Å². The van der Waals surface area contributed by atoms with E-state index in [-0.39, 0.29) is 11.3 Å². The van der Waals surface area contributed by atoms with E-state index in [9.17, 15) is 9.59 Å². The molecule has 1 unspecified atom stereocenters. The molecule has 154 valence electrons. The number of carbonyl (C=O) groups is 2. The van der Waals surface area contributed by atoms with Crippen molar-refractivity contribution in [3.05, 3.63) is 56.9 Å². The van der Waals surface area contributed by atoms with E-state index in [2.05, 4.69) is 26.1 Å². The van der Waals surface area contributed by atoms with Crippen molar-refractivity contribution >= 4 is 45.9 Å². The number of thiophene rings is 1. The first kappa shape index (κ1) is 21.6. The Morgan fingerprint density at radius 3 is 2.66 bits per heavy atom. The number of benzene rings is 1. The molecular weight excluding hydrogens is 406 g/mol. The molecule has 4 nitrogen and oxygen atoms in total. The number of anilines is 1. The molecule has 1 aromatic carbocycles. The maximum absolute atomic E-state index is 12.5. The molecule has 1 atom stereocenters. The van der Waals surface area contributed by atoms with E-state index in [1.807, 2.05) is 18.2 Å². The van der Waals surface area contributed by atoms with E-state index >= 15 is 0 Å². The Balaban J connectivity index is 1.85. The normalized spacial score (nSPS) is 16.5. The standard InChI is InChI=1S/C23H26ClNO3S/c1-23(2,3)15-10-11-16-18(13-15)29-21(20(16)22(27)28-4)25-19(26)12-9-14-7-5-6-8-17(14)24/h5-9,12,15H,10-11,13H2,1-4H3,(H,25,26). The van der Waals surface area contributed by atoms with Crippen molar-refractivity contribution in [3.8, 4) is 0 Å². The molecule has 0 saturated carbocycles. The van der Waals surface area contributed by atoms with Crippen molar-refractivity contribution in [2.75, 3.05) is 12.4 Å². The van der Waals surface area contributed by atoms with E-state index in [1.165, 1.54) is 29.4 Å². The quantitative estimate of drug-likeness (QED) is 0.477. The van der Waals surface area contributed by atoms with Crippen LogP contribution in [0.25, 0.3) is 6.08 Å². The van der Waals surface area contributed by atoms with Crippen molar-refractivity contribution in [2.45, 2.75) is 40.0 Å². The van der Waals surface area contributed by atoms with E-state index in [0.717, 1.165) is 30.4 Å². The molecule has 0 aliphatic heterocycles. The minimum Gasteiger partial charge on any atom is -0.465 e. The van der Waals surface area contributed by atoms with Crippen LogP contribution in [0.15, 0.2) is 30.3 Å². The number of carbonyl (C=O) groups excluding carboxylic acids is 2. The number of ether oxygens (including phenoxy) is 1. The van der Waals surface area contributed by atoms with E-state index in [1.54, 1.807) is 12.1 Å². The van der Waals surface area contributed by atoms with Gasteiger partial charge in [-0.1, -0.05) is 50.6 Å². The summed E-state index contributed by atoms with van der Waals surface area (Å²) in [7, 11) is 1.37. The van der Waals surface area contributed by atoms with Crippen LogP contribution in [0, 0.1) is 11.3 Å². The second-order valence-corrected chi connectivity index (χ2v) is 9.86. The average molecular weight is 432 g/mol. The summed E-state index contributed by atoms with van der Waals surface area (Å²) < 4.78 is 5.00. The lowest BCUT2D eigenvalue weighted by Gasteiger charge is -2.33. The van der Waals surface area contributed by atoms with Gasteiger partial charge in [-0.05, 0) is 53.9 Å². The van der Waals surface area contributed by atoms with Gasteiger partial charge >= 0.3 is 5.97 Å². The van der Waals surface area contributed by atoms with Gasteiger partial charge in [0.05, 0.1) is 12.7 Å². The molecule has 29 heavy (non-hydrogen) atoms. The molecule has 6 heteroatoms. The zero-order valence-electron chi connectivity index (χ0n) is 17.2. The molecule has 1 aliphatic rings. The number of hydrogen-bond acceptors (Lipinski definition) is 4. The first-order valence-corrected chi connectivity index (χ1v) is 10.9. The minimum atomic E-state index is -0.401. The van der Waals surface area contributed by atoms with Crippen LogP contribution in [0.4, 0.5) is 5.00 Å². The molecule has 1 heterocycles. The number of amides is 1. The molecule has 0 spiro atoms. The highest BCUT2D eigenvalue weighted by Gasteiger charge is 2.34. The fourth-order valence-corrected chi connectivity index (χ4v) is 5.18. The van der Waals surface area contributed by atoms with Crippen molar-refractivity contribution in [2.24, 2.45) is 11.3 Å². The van der Waals surface area contributed by atoms with Crippen molar-refractivity contribution in [1.29, 1.82) is 0 Å². The fourth-order valence-electron chi connectivity index (χ4n) is 3.66. The van der Waals surface area contributed by atoms with Crippen LogP contribution in [-0.2, 0) is 22.4 Å². The summed E-state index contributed by atoms with van der Waals surface area (Å²) in [6.07, 6.45) is 5.86. The second-order valence-electron chi connectivity index (χ2n) is 8.35. The highest BCUT2D eigenvalue weighted by molar-refractivity contribution is 7.17. The molecule has 0 radical (unpaired) electrons. The summed E-state index contributed by atoms with van der Waals surface area (Å²) in [6, 6.07) is 7.30. The van der Waals surface area contributed by atoms with Crippen LogP contribution in [0.5, 0.6) is 0 Å². The summed E-state index contributed by atoms with van der Waals surface area (Å²) in [5.41, 5.74) is 2.48. The molecule has 1 N–H and O–H groups in total. The number of nitrogens with one attached hydrogen (secondary N) is 1. The van der Waals surface area contributed by atoms with Crippen molar-refractivity contribution in [3.63, 3.8) is 0 Å². The van der Waals surface area contributed by atoms with Gasteiger partial charge in [0, 0.05) is 16.0 Å². The van der Waals surface area contributed by atoms with Crippen LogP contribution >= 0.6 is 22.9 Å². The Morgan fingerprint density at radius 2 is 2.00 bits per heavy atom. The van der Waals surface area contributed by atoms with Gasteiger partial charge in [-0.15, -0.1) is 11.3 Å². The Hall–Kier alpha value is -2.11. The maximum atomic E-state index is 12.5. The van der Waals surface area contributed by atoms with Gasteiger partial charge in [0.15, 0.2) is 0 Å². The van der Waals surface area contributed by atoms with Crippen LogP contribution in [0.3, 0.4) is 0 Å². The van der Waals surface area contributed by atoms with Gasteiger partial charge in [-0.25, -0.2) is 4.79 Å². The summed E-state index contributed by atoms with van der Waals surface area (Å²) in [5.74, 6) is -0.161. The molecular formula is C23H26ClNO3S. The molecule has 0 saturated heterocycles. The largest absolute Gasteiger partial charge is 0.465 e.